The zero-order valence-electron chi connectivity index (χ0n) is 8.77. The Kier molecular flexibility index (Phi) is 3.23. The molecule has 1 atom stereocenters. The summed E-state index contributed by atoms with van der Waals surface area (Å²) in [6.45, 7) is 3.10. The molecule has 0 saturated carbocycles. The fraction of sp³-hybridized carbons (Fsp3) is 0.667. The quantitative estimate of drug-likeness (QED) is 0.776. The Labute approximate surface area is 98.1 Å². The summed E-state index contributed by atoms with van der Waals surface area (Å²) in [5, 5.41) is 3.75. The first-order valence-electron chi connectivity index (χ1n) is 4.92. The van der Waals surface area contributed by atoms with E-state index in [1.807, 2.05) is 0 Å². The third-order valence-electron chi connectivity index (χ3n) is 2.67. The molecule has 0 aromatic carbocycles. The number of rotatable bonds is 3. The van der Waals surface area contributed by atoms with Crippen molar-refractivity contribution < 1.29 is 17.7 Å². The molecule has 0 N–H and O–H groups in total. The van der Waals surface area contributed by atoms with Crippen molar-refractivity contribution in [2.75, 3.05) is 13.2 Å². The van der Waals surface area contributed by atoms with Gasteiger partial charge < -0.3 is 9.26 Å². The van der Waals surface area contributed by atoms with Crippen molar-refractivity contribution in [3.63, 3.8) is 0 Å². The molecule has 90 valence electrons. The first-order chi connectivity index (χ1) is 7.47. The highest BCUT2D eigenvalue weighted by molar-refractivity contribution is 8.13. The Bertz CT molecular complexity index is 476. The van der Waals surface area contributed by atoms with Crippen molar-refractivity contribution in [1.82, 2.24) is 5.16 Å². The molecule has 2 rings (SSSR count). The fourth-order valence-electron chi connectivity index (χ4n) is 1.80. The molecule has 16 heavy (non-hydrogen) atoms. The van der Waals surface area contributed by atoms with Crippen LogP contribution in [0.5, 0.6) is 0 Å². The van der Waals surface area contributed by atoms with Crippen LogP contribution in [-0.2, 0) is 19.5 Å². The van der Waals surface area contributed by atoms with Gasteiger partial charge in [0.05, 0.1) is 6.61 Å². The van der Waals surface area contributed by atoms with Crippen molar-refractivity contribution in [3.8, 4) is 0 Å². The highest BCUT2D eigenvalue weighted by Gasteiger charge is 2.26. The number of nitrogens with zero attached hydrogens (tertiary/aromatic N) is 1. The zero-order valence-corrected chi connectivity index (χ0v) is 10.3. The fourth-order valence-corrected chi connectivity index (χ4v) is 2.71. The normalized spacial score (nSPS) is 21.5. The summed E-state index contributed by atoms with van der Waals surface area (Å²) >= 11 is 0. The molecule has 1 fully saturated rings. The largest absolute Gasteiger partial charge is 0.381 e. The number of aromatic nitrogens is 1. The van der Waals surface area contributed by atoms with Crippen LogP contribution >= 0.6 is 10.7 Å². The first kappa shape index (κ1) is 11.9. The molecule has 1 saturated heterocycles. The lowest BCUT2D eigenvalue weighted by Crippen LogP contribution is -2.00. The van der Waals surface area contributed by atoms with Gasteiger partial charge in [0, 0.05) is 28.8 Å². The van der Waals surface area contributed by atoms with Gasteiger partial charge in [0.15, 0.2) is 0 Å². The molecule has 1 aliphatic rings. The molecule has 0 amide bonds. The van der Waals surface area contributed by atoms with Gasteiger partial charge in [-0.25, -0.2) is 8.42 Å². The minimum absolute atomic E-state index is 0.180. The number of halogens is 1. The van der Waals surface area contributed by atoms with E-state index in [1.165, 1.54) is 0 Å². The Morgan fingerprint density at radius 3 is 2.88 bits per heavy atom. The highest BCUT2D eigenvalue weighted by atomic mass is 35.7. The van der Waals surface area contributed by atoms with Gasteiger partial charge in [0.1, 0.15) is 17.2 Å². The van der Waals surface area contributed by atoms with Crippen molar-refractivity contribution >= 4 is 19.7 Å². The van der Waals surface area contributed by atoms with E-state index in [2.05, 4.69) is 5.16 Å². The smallest absolute Gasteiger partial charge is 0.238 e. The topological polar surface area (TPSA) is 69.4 Å². The Morgan fingerprint density at radius 1 is 1.56 bits per heavy atom. The van der Waals surface area contributed by atoms with E-state index in [1.54, 1.807) is 6.92 Å². The van der Waals surface area contributed by atoms with Crippen molar-refractivity contribution in [2.45, 2.75) is 25.0 Å². The highest BCUT2D eigenvalue weighted by Crippen LogP contribution is 2.29. The molecule has 1 unspecified atom stereocenters. The van der Waals surface area contributed by atoms with Crippen molar-refractivity contribution in [1.29, 1.82) is 0 Å². The molecule has 1 aliphatic heterocycles. The van der Waals surface area contributed by atoms with E-state index in [-0.39, 0.29) is 11.7 Å². The lowest BCUT2D eigenvalue weighted by atomic mass is 10.0. The van der Waals surface area contributed by atoms with E-state index in [4.69, 9.17) is 19.9 Å². The van der Waals surface area contributed by atoms with Gasteiger partial charge in [-0.3, -0.25) is 0 Å². The average Bonchev–Trinajstić information content (AvgIpc) is 2.75. The van der Waals surface area contributed by atoms with Crippen LogP contribution in [0.3, 0.4) is 0 Å². The number of ether oxygens (including phenoxy) is 1. The zero-order chi connectivity index (χ0) is 11.8. The van der Waals surface area contributed by atoms with Gasteiger partial charge in [-0.15, -0.1) is 0 Å². The lowest BCUT2D eigenvalue weighted by Gasteiger charge is -2.02. The maximum absolute atomic E-state index is 10.9. The maximum atomic E-state index is 10.9. The Balaban J connectivity index is 2.23. The molecular formula is C9H12ClNO4S. The SMILES string of the molecule is Cc1c(CS(=O)(=O)Cl)noc1C1CCOC1. The van der Waals surface area contributed by atoms with Crippen molar-refractivity contribution in [3.05, 3.63) is 17.0 Å². The van der Waals surface area contributed by atoms with Crippen LogP contribution < -0.4 is 0 Å². The summed E-state index contributed by atoms with van der Waals surface area (Å²) in [7, 11) is 1.58. The van der Waals surface area contributed by atoms with Crippen LogP contribution in [-0.4, -0.2) is 26.8 Å². The molecule has 0 radical (unpaired) electrons. The van der Waals surface area contributed by atoms with E-state index in [0.717, 1.165) is 12.0 Å². The van der Waals surface area contributed by atoms with E-state index in [0.29, 0.717) is 24.7 Å². The monoisotopic (exact) mass is 265 g/mol. The van der Waals surface area contributed by atoms with Gasteiger partial charge in [0.25, 0.3) is 0 Å². The third kappa shape index (κ3) is 2.56. The van der Waals surface area contributed by atoms with E-state index in [9.17, 15) is 8.42 Å². The van der Waals surface area contributed by atoms with Crippen LogP contribution in [0.15, 0.2) is 4.52 Å². The van der Waals surface area contributed by atoms with Gasteiger partial charge in [-0.05, 0) is 13.3 Å². The molecule has 5 nitrogen and oxygen atoms in total. The van der Waals surface area contributed by atoms with Gasteiger partial charge >= 0.3 is 0 Å². The van der Waals surface area contributed by atoms with E-state index < -0.39 is 9.05 Å². The summed E-state index contributed by atoms with van der Waals surface area (Å²) in [5.41, 5.74) is 1.15. The molecule has 0 spiro atoms. The van der Waals surface area contributed by atoms with Gasteiger partial charge in [-0.2, -0.15) is 0 Å². The molecule has 0 aliphatic carbocycles. The summed E-state index contributed by atoms with van der Waals surface area (Å²) in [5.74, 6) is 0.601. The number of hydrogen-bond donors (Lipinski definition) is 0. The molecular weight excluding hydrogens is 254 g/mol. The van der Waals surface area contributed by atoms with Crippen LogP contribution in [0.2, 0.25) is 0 Å². The second-order valence-corrected chi connectivity index (χ2v) is 6.64. The molecule has 7 heteroatoms. The summed E-state index contributed by atoms with van der Waals surface area (Å²) in [6, 6.07) is 0. The predicted molar refractivity (Wildman–Crippen MR) is 57.9 cm³/mol. The molecule has 1 aromatic rings. The molecule has 0 bridgehead atoms. The average molecular weight is 266 g/mol. The third-order valence-corrected chi connectivity index (χ3v) is 3.61. The lowest BCUT2D eigenvalue weighted by molar-refractivity contribution is 0.189. The standard InChI is InChI=1S/C9H12ClNO4S/c1-6-8(5-16(10,12)13)11-15-9(6)7-2-3-14-4-7/h7H,2-5H2,1H3. The summed E-state index contributed by atoms with van der Waals surface area (Å²) in [4.78, 5) is 0. The van der Waals surface area contributed by atoms with Crippen LogP contribution in [0.25, 0.3) is 0 Å². The van der Waals surface area contributed by atoms with Crippen LogP contribution in [0.4, 0.5) is 0 Å². The van der Waals surface area contributed by atoms with Crippen molar-refractivity contribution in [2.24, 2.45) is 0 Å². The maximum Gasteiger partial charge on any atom is 0.238 e. The second-order valence-electron chi connectivity index (χ2n) is 3.86. The summed E-state index contributed by atoms with van der Waals surface area (Å²) < 4.78 is 32.3. The molecule has 2 heterocycles. The Hall–Kier alpha value is -0.590. The second kappa shape index (κ2) is 4.35. The minimum atomic E-state index is -3.59. The van der Waals surface area contributed by atoms with Crippen LogP contribution in [0, 0.1) is 6.92 Å². The predicted octanol–water partition coefficient (Wildman–Crippen LogP) is 1.56. The first-order valence-corrected chi connectivity index (χ1v) is 7.40. The minimum Gasteiger partial charge on any atom is -0.381 e. The summed E-state index contributed by atoms with van der Waals surface area (Å²) in [6.07, 6.45) is 0.878. The Morgan fingerprint density at radius 2 is 2.31 bits per heavy atom. The molecule has 1 aromatic heterocycles. The van der Waals surface area contributed by atoms with Gasteiger partial charge in [-0.1, -0.05) is 5.16 Å². The van der Waals surface area contributed by atoms with E-state index >= 15 is 0 Å². The number of hydrogen-bond acceptors (Lipinski definition) is 5. The van der Waals surface area contributed by atoms with Gasteiger partial charge in [0.2, 0.25) is 9.05 Å². The van der Waals surface area contributed by atoms with Crippen LogP contribution in [0.1, 0.15) is 29.4 Å².